The van der Waals surface area contributed by atoms with E-state index >= 15 is 0 Å². The van der Waals surface area contributed by atoms with Crippen molar-refractivity contribution in [3.8, 4) is 0 Å². The van der Waals surface area contributed by atoms with Crippen molar-refractivity contribution in [2.24, 2.45) is 0 Å². The number of aryl methyl sites for hydroxylation is 1. The molecule has 1 heterocycles. The first-order valence-corrected chi connectivity index (χ1v) is 8.26. The first-order valence-electron chi connectivity index (χ1n) is 7.11. The summed E-state index contributed by atoms with van der Waals surface area (Å²) in [4.78, 5) is 12.1. The second-order valence-corrected chi connectivity index (χ2v) is 6.58. The van der Waals surface area contributed by atoms with Gasteiger partial charge in [0.1, 0.15) is 5.82 Å². The van der Waals surface area contributed by atoms with Gasteiger partial charge in [-0.25, -0.2) is 4.39 Å². The molecule has 1 fully saturated rings. The summed E-state index contributed by atoms with van der Waals surface area (Å²) in [6.07, 6.45) is 2.24. The predicted molar refractivity (Wildman–Crippen MR) is 79.3 cm³/mol. The third kappa shape index (κ3) is 3.15. The quantitative estimate of drug-likeness (QED) is 0.896. The van der Waals surface area contributed by atoms with Gasteiger partial charge in [0.2, 0.25) is 5.91 Å². The first kappa shape index (κ1) is 13.9. The van der Waals surface area contributed by atoms with Crippen LogP contribution in [0.25, 0.3) is 0 Å². The summed E-state index contributed by atoms with van der Waals surface area (Å²) in [6.45, 7) is 0.980. The Morgan fingerprint density at radius 3 is 3.20 bits per heavy atom. The number of hydrogen-bond donors (Lipinski definition) is 2. The number of hydrogen-bond acceptors (Lipinski definition) is 3. The van der Waals surface area contributed by atoms with Crippen LogP contribution in [0.1, 0.15) is 30.0 Å². The fourth-order valence-electron chi connectivity index (χ4n) is 2.96. The normalized spacial score (nSPS) is 25.2. The Kier molecular flexibility index (Phi) is 4.27. The highest BCUT2D eigenvalue weighted by atomic mass is 32.2. The number of carbonyl (C=O) groups is 1. The van der Waals surface area contributed by atoms with E-state index in [0.717, 1.165) is 42.0 Å². The fraction of sp³-hybridized carbons (Fsp3) is 0.533. The molecule has 1 aliphatic heterocycles. The minimum atomic E-state index is -0.195. The van der Waals surface area contributed by atoms with Gasteiger partial charge in [0.25, 0.3) is 0 Å². The number of thioether (sulfide) groups is 1. The summed E-state index contributed by atoms with van der Waals surface area (Å²) in [5, 5.41) is 6.46. The first-order chi connectivity index (χ1) is 9.72. The van der Waals surface area contributed by atoms with Gasteiger partial charge in [-0.1, -0.05) is 6.07 Å². The standard InChI is InChI=1S/C15H19FN2OS/c16-11-2-3-13-10(7-11)1-4-14(13)18-15(19)8-12-9-20-6-5-17-12/h2-3,7,12,14,17H,1,4-6,8-9H2,(H,18,19). The van der Waals surface area contributed by atoms with E-state index in [-0.39, 0.29) is 23.8 Å². The highest BCUT2D eigenvalue weighted by Crippen LogP contribution is 2.31. The van der Waals surface area contributed by atoms with E-state index in [2.05, 4.69) is 10.6 Å². The zero-order chi connectivity index (χ0) is 13.9. The lowest BCUT2D eigenvalue weighted by Gasteiger charge is -2.23. The lowest BCUT2D eigenvalue weighted by atomic mass is 10.1. The zero-order valence-electron chi connectivity index (χ0n) is 11.3. The van der Waals surface area contributed by atoms with E-state index in [9.17, 15) is 9.18 Å². The van der Waals surface area contributed by atoms with Crippen LogP contribution >= 0.6 is 11.8 Å². The van der Waals surface area contributed by atoms with E-state index in [1.807, 2.05) is 11.8 Å². The van der Waals surface area contributed by atoms with Gasteiger partial charge in [0.05, 0.1) is 6.04 Å². The van der Waals surface area contributed by atoms with Gasteiger partial charge < -0.3 is 10.6 Å². The maximum Gasteiger partial charge on any atom is 0.222 e. The lowest BCUT2D eigenvalue weighted by molar-refractivity contribution is -0.122. The molecule has 108 valence electrons. The average molecular weight is 294 g/mol. The van der Waals surface area contributed by atoms with Gasteiger partial charge in [0.15, 0.2) is 0 Å². The molecule has 0 radical (unpaired) electrons. The molecular formula is C15H19FN2OS. The maximum absolute atomic E-state index is 13.2. The Morgan fingerprint density at radius 1 is 1.50 bits per heavy atom. The second-order valence-electron chi connectivity index (χ2n) is 5.43. The van der Waals surface area contributed by atoms with Crippen LogP contribution in [-0.2, 0) is 11.2 Å². The van der Waals surface area contributed by atoms with Crippen LogP contribution < -0.4 is 10.6 Å². The Balaban J connectivity index is 1.58. The molecule has 0 saturated carbocycles. The summed E-state index contributed by atoms with van der Waals surface area (Å²) >= 11 is 1.89. The molecule has 0 spiro atoms. The third-order valence-electron chi connectivity index (χ3n) is 3.95. The molecule has 1 saturated heterocycles. The number of amides is 1. The van der Waals surface area contributed by atoms with E-state index in [0.29, 0.717) is 6.42 Å². The summed E-state index contributed by atoms with van der Waals surface area (Å²) < 4.78 is 13.2. The molecule has 1 aromatic carbocycles. The molecule has 2 N–H and O–H groups in total. The molecule has 0 bridgehead atoms. The molecule has 2 atom stereocenters. The van der Waals surface area contributed by atoms with E-state index < -0.39 is 0 Å². The maximum atomic E-state index is 13.2. The van der Waals surface area contributed by atoms with Crippen molar-refractivity contribution in [3.05, 3.63) is 35.1 Å². The number of carbonyl (C=O) groups excluding carboxylic acids is 1. The van der Waals surface area contributed by atoms with Crippen molar-refractivity contribution in [2.45, 2.75) is 31.3 Å². The highest BCUT2D eigenvalue weighted by Gasteiger charge is 2.25. The van der Waals surface area contributed by atoms with Crippen LogP contribution in [-0.4, -0.2) is 30.0 Å². The topological polar surface area (TPSA) is 41.1 Å². The van der Waals surface area contributed by atoms with Crippen molar-refractivity contribution in [3.63, 3.8) is 0 Å². The van der Waals surface area contributed by atoms with Gasteiger partial charge in [0, 0.05) is 30.5 Å². The number of nitrogens with one attached hydrogen (secondary N) is 2. The van der Waals surface area contributed by atoms with Gasteiger partial charge in [-0.3, -0.25) is 4.79 Å². The largest absolute Gasteiger partial charge is 0.349 e. The smallest absolute Gasteiger partial charge is 0.222 e. The van der Waals surface area contributed by atoms with Crippen molar-refractivity contribution in [1.82, 2.24) is 10.6 Å². The second kappa shape index (κ2) is 6.14. The van der Waals surface area contributed by atoms with E-state index in [1.165, 1.54) is 6.07 Å². The summed E-state index contributed by atoms with van der Waals surface area (Å²) in [5.41, 5.74) is 2.10. The molecule has 1 aromatic rings. The number of benzene rings is 1. The van der Waals surface area contributed by atoms with E-state index in [4.69, 9.17) is 0 Å². The molecule has 3 rings (SSSR count). The summed E-state index contributed by atoms with van der Waals surface area (Å²) in [7, 11) is 0. The van der Waals surface area contributed by atoms with Crippen LogP contribution in [0.2, 0.25) is 0 Å². The van der Waals surface area contributed by atoms with Crippen LogP contribution in [0.15, 0.2) is 18.2 Å². The van der Waals surface area contributed by atoms with Crippen molar-refractivity contribution < 1.29 is 9.18 Å². The third-order valence-corrected chi connectivity index (χ3v) is 5.08. The number of rotatable bonds is 3. The minimum Gasteiger partial charge on any atom is -0.349 e. The SMILES string of the molecule is O=C(CC1CSCCN1)NC1CCc2cc(F)ccc21. The van der Waals surface area contributed by atoms with Crippen molar-refractivity contribution >= 4 is 17.7 Å². The Labute approximate surface area is 122 Å². The van der Waals surface area contributed by atoms with Crippen molar-refractivity contribution in [2.75, 3.05) is 18.1 Å². The van der Waals surface area contributed by atoms with Gasteiger partial charge in [-0.2, -0.15) is 11.8 Å². The Hall–Kier alpha value is -1.07. The molecule has 0 aromatic heterocycles. The molecule has 5 heteroatoms. The monoisotopic (exact) mass is 294 g/mol. The minimum absolute atomic E-state index is 0.0503. The van der Waals surface area contributed by atoms with Crippen LogP contribution in [0.5, 0.6) is 0 Å². The van der Waals surface area contributed by atoms with Gasteiger partial charge in [-0.15, -0.1) is 0 Å². The zero-order valence-corrected chi connectivity index (χ0v) is 12.1. The predicted octanol–water partition coefficient (Wildman–Crippen LogP) is 2.02. The lowest BCUT2D eigenvalue weighted by Crippen LogP contribution is -2.41. The fourth-order valence-corrected chi connectivity index (χ4v) is 3.91. The Morgan fingerprint density at radius 2 is 2.40 bits per heavy atom. The van der Waals surface area contributed by atoms with E-state index in [1.54, 1.807) is 12.1 Å². The molecule has 20 heavy (non-hydrogen) atoms. The van der Waals surface area contributed by atoms with Crippen LogP contribution in [0, 0.1) is 5.82 Å². The van der Waals surface area contributed by atoms with Crippen LogP contribution in [0.3, 0.4) is 0 Å². The van der Waals surface area contributed by atoms with Crippen molar-refractivity contribution in [1.29, 1.82) is 0 Å². The number of halogens is 1. The van der Waals surface area contributed by atoms with Gasteiger partial charge >= 0.3 is 0 Å². The molecular weight excluding hydrogens is 275 g/mol. The van der Waals surface area contributed by atoms with Gasteiger partial charge in [-0.05, 0) is 36.1 Å². The highest BCUT2D eigenvalue weighted by molar-refractivity contribution is 7.99. The average Bonchev–Trinajstić information content (AvgIpc) is 2.82. The van der Waals surface area contributed by atoms with Crippen LogP contribution in [0.4, 0.5) is 4.39 Å². The molecule has 1 amide bonds. The summed E-state index contributed by atoms with van der Waals surface area (Å²) in [6, 6.07) is 5.19. The molecule has 1 aliphatic carbocycles. The summed E-state index contributed by atoms with van der Waals surface area (Å²) in [5.74, 6) is 2.02. The molecule has 2 unspecified atom stereocenters. The Bertz CT molecular complexity index is 503. The molecule has 3 nitrogen and oxygen atoms in total. The molecule has 2 aliphatic rings. The number of fused-ring (bicyclic) bond motifs is 1.